The zero-order valence-electron chi connectivity index (χ0n) is 14.5. The number of nitrogens with zero attached hydrogens (tertiary/aromatic N) is 5. The van der Waals surface area contributed by atoms with E-state index in [0.29, 0.717) is 22.3 Å². The van der Waals surface area contributed by atoms with Crippen LogP contribution >= 0.6 is 11.6 Å². The number of hydrogen-bond donors (Lipinski definition) is 0. The molecule has 0 amide bonds. The van der Waals surface area contributed by atoms with E-state index in [9.17, 15) is 4.79 Å². The van der Waals surface area contributed by atoms with Gasteiger partial charge in [-0.1, -0.05) is 47.1 Å². The monoisotopic (exact) mass is 395 g/mol. The van der Waals surface area contributed by atoms with Crippen molar-refractivity contribution in [3.8, 4) is 22.7 Å². The molecule has 4 aromatic rings. The number of hydrogen-bond acceptors (Lipinski definition) is 7. The van der Waals surface area contributed by atoms with Crippen molar-refractivity contribution in [2.24, 2.45) is 0 Å². The van der Waals surface area contributed by atoms with Gasteiger partial charge in [-0.3, -0.25) is 0 Å². The number of aromatic nitrogens is 5. The summed E-state index contributed by atoms with van der Waals surface area (Å²) in [5, 5.41) is 16.5. The van der Waals surface area contributed by atoms with Crippen LogP contribution in [0.4, 0.5) is 0 Å². The van der Waals surface area contributed by atoms with Crippen LogP contribution in [0.2, 0.25) is 5.02 Å². The van der Waals surface area contributed by atoms with E-state index in [1.807, 2.05) is 30.3 Å². The summed E-state index contributed by atoms with van der Waals surface area (Å²) < 4.78 is 10.5. The number of carbonyl (C=O) groups excluding carboxylic acids is 1. The summed E-state index contributed by atoms with van der Waals surface area (Å²) in [4.78, 5) is 13.2. The average molecular weight is 396 g/mol. The van der Waals surface area contributed by atoms with Gasteiger partial charge in [0.25, 0.3) is 0 Å². The van der Waals surface area contributed by atoms with E-state index >= 15 is 0 Å². The summed E-state index contributed by atoms with van der Waals surface area (Å²) in [5.74, 6) is 0.495. The molecule has 2 aromatic carbocycles. The summed E-state index contributed by atoms with van der Waals surface area (Å²) >= 11 is 5.86. The quantitative estimate of drug-likeness (QED) is 0.461. The van der Waals surface area contributed by atoms with E-state index in [1.54, 1.807) is 30.3 Å². The Morgan fingerprint density at radius 2 is 1.86 bits per heavy atom. The van der Waals surface area contributed by atoms with E-state index < -0.39 is 5.97 Å². The number of halogens is 1. The summed E-state index contributed by atoms with van der Waals surface area (Å²) in [6, 6.07) is 18.3. The number of ether oxygens (including phenoxy) is 1. The summed E-state index contributed by atoms with van der Waals surface area (Å²) in [5.41, 5.74) is 2.16. The zero-order chi connectivity index (χ0) is 19.3. The number of benzene rings is 2. The van der Waals surface area contributed by atoms with E-state index in [4.69, 9.17) is 20.9 Å². The first-order valence-electron chi connectivity index (χ1n) is 8.38. The van der Waals surface area contributed by atoms with Gasteiger partial charge in [-0.2, -0.15) is 4.80 Å². The Labute approximate surface area is 164 Å². The molecule has 0 saturated heterocycles. The van der Waals surface area contributed by atoms with Gasteiger partial charge in [-0.25, -0.2) is 4.79 Å². The molecule has 0 saturated carbocycles. The molecular weight excluding hydrogens is 382 g/mol. The van der Waals surface area contributed by atoms with Crippen LogP contribution in [0.25, 0.3) is 22.7 Å². The smallest absolute Gasteiger partial charge is 0.330 e. The van der Waals surface area contributed by atoms with E-state index in [2.05, 4.69) is 20.6 Å². The molecule has 0 bridgehead atoms. The number of carbonyl (C=O) groups is 1. The maximum atomic E-state index is 12.0. The molecule has 0 aliphatic carbocycles. The van der Waals surface area contributed by atoms with Gasteiger partial charge in [0.2, 0.25) is 5.82 Å². The van der Waals surface area contributed by atoms with Crippen LogP contribution in [-0.4, -0.2) is 31.3 Å². The summed E-state index contributed by atoms with van der Waals surface area (Å²) in [6.07, 6.45) is 0. The molecule has 4 rings (SSSR count). The molecule has 0 unspecified atom stereocenters. The fourth-order valence-electron chi connectivity index (χ4n) is 2.46. The van der Waals surface area contributed by atoms with E-state index in [0.717, 1.165) is 11.1 Å². The topological polar surface area (TPSA) is 95.9 Å². The van der Waals surface area contributed by atoms with Gasteiger partial charge in [0, 0.05) is 22.2 Å². The molecule has 2 heterocycles. The Kier molecular flexibility index (Phi) is 5.11. The van der Waals surface area contributed by atoms with Crippen molar-refractivity contribution >= 4 is 17.6 Å². The van der Waals surface area contributed by atoms with E-state index in [-0.39, 0.29) is 13.2 Å². The summed E-state index contributed by atoms with van der Waals surface area (Å²) in [6.45, 7) is -0.169. The van der Waals surface area contributed by atoms with Gasteiger partial charge in [-0.05, 0) is 29.5 Å². The SMILES string of the molecule is O=C(Cn1nnc(-c2ccc(Cl)cc2)n1)OCc1cc(-c2ccccc2)on1. The average Bonchev–Trinajstić information content (AvgIpc) is 3.37. The summed E-state index contributed by atoms with van der Waals surface area (Å²) in [7, 11) is 0. The second-order valence-electron chi connectivity index (χ2n) is 5.86. The fraction of sp³-hybridized carbons (Fsp3) is 0.105. The minimum absolute atomic E-state index is 0.00605. The highest BCUT2D eigenvalue weighted by Gasteiger charge is 2.12. The Morgan fingerprint density at radius 3 is 2.64 bits per heavy atom. The normalized spacial score (nSPS) is 10.8. The third-order valence-corrected chi connectivity index (χ3v) is 4.08. The first kappa shape index (κ1) is 17.9. The van der Waals surface area contributed by atoms with Crippen molar-refractivity contribution in [2.75, 3.05) is 0 Å². The van der Waals surface area contributed by atoms with Crippen molar-refractivity contribution < 1.29 is 14.1 Å². The molecule has 0 aliphatic rings. The molecule has 0 aliphatic heterocycles. The number of esters is 1. The Bertz CT molecular complexity index is 1080. The minimum atomic E-state index is -0.510. The Morgan fingerprint density at radius 1 is 1.07 bits per heavy atom. The van der Waals surface area contributed by atoms with Crippen LogP contribution in [0.1, 0.15) is 5.69 Å². The van der Waals surface area contributed by atoms with Gasteiger partial charge in [0.05, 0.1) is 0 Å². The highest BCUT2D eigenvalue weighted by Crippen LogP contribution is 2.20. The van der Waals surface area contributed by atoms with Crippen LogP contribution in [0, 0.1) is 0 Å². The number of tetrazole rings is 1. The largest absolute Gasteiger partial charge is 0.458 e. The minimum Gasteiger partial charge on any atom is -0.458 e. The van der Waals surface area contributed by atoms with Crippen molar-refractivity contribution in [2.45, 2.75) is 13.2 Å². The molecule has 8 nitrogen and oxygen atoms in total. The second kappa shape index (κ2) is 8.01. The van der Waals surface area contributed by atoms with Crippen molar-refractivity contribution in [3.05, 3.63) is 71.4 Å². The molecule has 0 N–H and O–H groups in total. The predicted molar refractivity (Wildman–Crippen MR) is 100.0 cm³/mol. The molecule has 0 radical (unpaired) electrons. The molecule has 28 heavy (non-hydrogen) atoms. The highest BCUT2D eigenvalue weighted by molar-refractivity contribution is 6.30. The molecule has 140 valence electrons. The van der Waals surface area contributed by atoms with E-state index in [1.165, 1.54) is 4.80 Å². The number of rotatable bonds is 6. The molecule has 0 spiro atoms. The van der Waals surface area contributed by atoms with Gasteiger partial charge in [0.1, 0.15) is 12.3 Å². The lowest BCUT2D eigenvalue weighted by Gasteiger charge is -2.01. The third-order valence-electron chi connectivity index (χ3n) is 3.82. The third kappa shape index (κ3) is 4.24. The molecular formula is C19H14ClN5O3. The van der Waals surface area contributed by atoms with Crippen molar-refractivity contribution in [1.82, 2.24) is 25.4 Å². The standard InChI is InChI=1S/C19H14ClN5O3/c20-15-8-6-14(7-9-15)19-21-24-25(22-19)11-18(26)27-12-16-10-17(28-23-16)13-4-2-1-3-5-13/h1-10H,11-12H2. The predicted octanol–water partition coefficient (Wildman–Crippen LogP) is 3.39. The first-order chi connectivity index (χ1) is 13.7. The zero-order valence-corrected chi connectivity index (χ0v) is 15.3. The van der Waals surface area contributed by atoms with Crippen LogP contribution in [0.5, 0.6) is 0 Å². The maximum absolute atomic E-state index is 12.0. The molecule has 0 fully saturated rings. The lowest BCUT2D eigenvalue weighted by atomic mass is 10.2. The van der Waals surface area contributed by atoms with Crippen LogP contribution in [-0.2, 0) is 22.7 Å². The lowest BCUT2D eigenvalue weighted by Crippen LogP contribution is -2.15. The van der Waals surface area contributed by atoms with Gasteiger partial charge in [0.15, 0.2) is 12.3 Å². The lowest BCUT2D eigenvalue weighted by molar-refractivity contribution is -0.146. The van der Waals surface area contributed by atoms with Crippen molar-refractivity contribution in [3.63, 3.8) is 0 Å². The van der Waals surface area contributed by atoms with Crippen LogP contribution in [0.15, 0.2) is 65.2 Å². The van der Waals surface area contributed by atoms with Crippen molar-refractivity contribution in [1.29, 1.82) is 0 Å². The van der Waals surface area contributed by atoms with Crippen LogP contribution < -0.4 is 0 Å². The van der Waals surface area contributed by atoms with Gasteiger partial charge >= 0.3 is 5.97 Å². The maximum Gasteiger partial charge on any atom is 0.330 e. The molecule has 9 heteroatoms. The highest BCUT2D eigenvalue weighted by atomic mass is 35.5. The molecule has 2 aromatic heterocycles. The van der Waals surface area contributed by atoms with Crippen LogP contribution in [0.3, 0.4) is 0 Å². The van der Waals surface area contributed by atoms with Gasteiger partial charge in [-0.15, -0.1) is 10.2 Å². The fourth-order valence-corrected chi connectivity index (χ4v) is 2.58. The van der Waals surface area contributed by atoms with Gasteiger partial charge < -0.3 is 9.26 Å². The second-order valence-corrected chi connectivity index (χ2v) is 6.30. The first-order valence-corrected chi connectivity index (χ1v) is 8.75. The molecule has 0 atom stereocenters. The Balaban J connectivity index is 1.33. The Hall–Kier alpha value is -3.52.